The minimum Gasteiger partial charge on any atom is -0.341 e. The Morgan fingerprint density at radius 3 is 2.55 bits per heavy atom. The number of aryl methyl sites for hydroxylation is 1. The molecule has 0 bridgehead atoms. The maximum atomic E-state index is 13.5. The molecule has 0 fully saturated rings. The van der Waals surface area contributed by atoms with Crippen molar-refractivity contribution in [2.45, 2.75) is 19.9 Å². The summed E-state index contributed by atoms with van der Waals surface area (Å²) in [4.78, 5) is 39.3. The van der Waals surface area contributed by atoms with E-state index in [1.165, 1.54) is 17.0 Å². The number of nitrogens with one attached hydrogen (secondary N) is 1. The van der Waals surface area contributed by atoms with Gasteiger partial charge in [-0.2, -0.15) is 0 Å². The van der Waals surface area contributed by atoms with Crippen molar-refractivity contribution >= 4 is 16.8 Å². The molecule has 1 amide bonds. The van der Waals surface area contributed by atoms with Crippen molar-refractivity contribution in [1.29, 1.82) is 0 Å². The number of para-hydroxylation sites is 1. The van der Waals surface area contributed by atoms with Gasteiger partial charge in [-0.1, -0.05) is 30.2 Å². The van der Waals surface area contributed by atoms with Crippen molar-refractivity contribution in [3.8, 4) is 18.0 Å². The van der Waals surface area contributed by atoms with Gasteiger partial charge in [-0.3, -0.25) is 19.1 Å². The van der Waals surface area contributed by atoms with Gasteiger partial charge in [-0.25, -0.2) is 9.97 Å². The lowest BCUT2D eigenvalue weighted by atomic mass is 10.1. The van der Waals surface area contributed by atoms with Crippen molar-refractivity contribution in [2.75, 3.05) is 0 Å². The van der Waals surface area contributed by atoms with Crippen LogP contribution in [0.2, 0.25) is 0 Å². The molecule has 152 valence electrons. The van der Waals surface area contributed by atoms with Gasteiger partial charge < -0.3 is 5.32 Å². The number of benzene rings is 2. The first kappa shape index (κ1) is 20.0. The summed E-state index contributed by atoms with van der Waals surface area (Å²) in [6.45, 7) is 3.48. The van der Waals surface area contributed by atoms with Crippen molar-refractivity contribution in [3.05, 3.63) is 94.1 Å². The molecular formula is C24H19N5O2. The Morgan fingerprint density at radius 1 is 1.10 bits per heavy atom. The molecule has 4 rings (SSSR count). The minimum absolute atomic E-state index is 0.221. The number of rotatable bonds is 4. The van der Waals surface area contributed by atoms with Crippen LogP contribution in [0.1, 0.15) is 40.5 Å². The minimum atomic E-state index is -0.597. The third-order valence-electron chi connectivity index (χ3n) is 4.92. The number of hydrogen-bond acceptors (Lipinski definition) is 5. The molecule has 0 saturated heterocycles. The maximum absolute atomic E-state index is 13.5. The summed E-state index contributed by atoms with van der Waals surface area (Å²) in [6, 6.07) is 13.7. The highest BCUT2D eigenvalue weighted by Crippen LogP contribution is 2.20. The Labute approximate surface area is 178 Å². The fourth-order valence-corrected chi connectivity index (χ4v) is 3.44. The fraction of sp³-hybridized carbons (Fsp3) is 0.125. The van der Waals surface area contributed by atoms with E-state index in [0.29, 0.717) is 33.7 Å². The molecule has 0 unspecified atom stereocenters. The average Bonchev–Trinajstić information content (AvgIpc) is 2.79. The van der Waals surface area contributed by atoms with E-state index in [1.54, 1.807) is 44.2 Å². The van der Waals surface area contributed by atoms with E-state index in [2.05, 4.69) is 21.2 Å². The summed E-state index contributed by atoms with van der Waals surface area (Å²) in [5.41, 5.74) is 2.01. The zero-order valence-corrected chi connectivity index (χ0v) is 17.0. The normalized spacial score (nSPS) is 11.6. The third kappa shape index (κ3) is 3.67. The van der Waals surface area contributed by atoms with Gasteiger partial charge in [0.15, 0.2) is 0 Å². The Bertz CT molecular complexity index is 1390. The lowest BCUT2D eigenvalue weighted by Crippen LogP contribution is -2.34. The molecule has 7 nitrogen and oxygen atoms in total. The second-order valence-corrected chi connectivity index (χ2v) is 6.98. The fourth-order valence-electron chi connectivity index (χ4n) is 3.44. The lowest BCUT2D eigenvalue weighted by molar-refractivity contribution is 0.0931. The zero-order chi connectivity index (χ0) is 22.0. The summed E-state index contributed by atoms with van der Waals surface area (Å²) < 4.78 is 1.48. The van der Waals surface area contributed by atoms with E-state index >= 15 is 0 Å². The number of carbonyl (C=O) groups is 1. The van der Waals surface area contributed by atoms with Crippen LogP contribution in [-0.4, -0.2) is 25.4 Å². The van der Waals surface area contributed by atoms with Gasteiger partial charge in [-0.05, 0) is 38.1 Å². The van der Waals surface area contributed by atoms with Gasteiger partial charge in [-0.15, -0.1) is 6.42 Å². The van der Waals surface area contributed by atoms with Gasteiger partial charge in [0.2, 0.25) is 0 Å². The predicted octanol–water partition coefficient (Wildman–Crippen LogP) is 2.96. The van der Waals surface area contributed by atoms with E-state index in [-0.39, 0.29) is 11.3 Å². The molecule has 0 aliphatic heterocycles. The molecule has 0 radical (unpaired) electrons. The molecule has 0 aliphatic carbocycles. The maximum Gasteiger partial charge on any atom is 0.272 e. The first-order valence-electron chi connectivity index (χ1n) is 9.67. The lowest BCUT2D eigenvalue weighted by Gasteiger charge is -2.20. The standard InChI is InChI=1S/C24H19N5O2/c1-4-17-9-8-12-19-20(17)24(31)29(18-10-6-5-7-11-18)22(28-19)16(3)27-23(30)21-15(2)25-13-14-26-21/h1,5-14,16H,2-3H3,(H,27,30)/t16-/m0/s1. The van der Waals surface area contributed by atoms with E-state index < -0.39 is 11.9 Å². The smallest absolute Gasteiger partial charge is 0.272 e. The van der Waals surface area contributed by atoms with Crippen LogP contribution >= 0.6 is 0 Å². The second kappa shape index (κ2) is 8.20. The van der Waals surface area contributed by atoms with Gasteiger partial charge in [0.1, 0.15) is 11.5 Å². The summed E-state index contributed by atoms with van der Waals surface area (Å²) in [6.07, 6.45) is 8.60. The first-order chi connectivity index (χ1) is 15.0. The highest BCUT2D eigenvalue weighted by atomic mass is 16.2. The van der Waals surface area contributed by atoms with Crippen LogP contribution in [-0.2, 0) is 0 Å². The summed E-state index contributed by atoms with van der Waals surface area (Å²) >= 11 is 0. The molecule has 2 aromatic heterocycles. The molecule has 2 aromatic carbocycles. The monoisotopic (exact) mass is 409 g/mol. The molecule has 7 heteroatoms. The zero-order valence-electron chi connectivity index (χ0n) is 17.0. The number of hydrogen-bond donors (Lipinski definition) is 1. The van der Waals surface area contributed by atoms with Crippen molar-refractivity contribution < 1.29 is 4.79 Å². The summed E-state index contributed by atoms with van der Waals surface area (Å²) in [7, 11) is 0. The SMILES string of the molecule is C#Cc1cccc2nc([C@H](C)NC(=O)c3nccnc3C)n(-c3ccccc3)c(=O)c12. The summed E-state index contributed by atoms with van der Waals surface area (Å²) in [5.74, 6) is 2.54. The molecule has 1 N–H and O–H groups in total. The molecular weight excluding hydrogens is 390 g/mol. The van der Waals surface area contributed by atoms with Gasteiger partial charge in [0.05, 0.1) is 28.3 Å². The Kier molecular flexibility index (Phi) is 5.29. The van der Waals surface area contributed by atoms with Crippen LogP contribution in [0, 0.1) is 19.3 Å². The average molecular weight is 409 g/mol. The summed E-state index contributed by atoms with van der Waals surface area (Å²) in [5, 5.41) is 3.24. The highest BCUT2D eigenvalue weighted by molar-refractivity contribution is 5.93. The topological polar surface area (TPSA) is 89.8 Å². The van der Waals surface area contributed by atoms with E-state index in [0.717, 1.165) is 0 Å². The van der Waals surface area contributed by atoms with Crippen LogP contribution in [0.4, 0.5) is 0 Å². The van der Waals surface area contributed by atoms with Crippen LogP contribution in [0.5, 0.6) is 0 Å². The van der Waals surface area contributed by atoms with Crippen LogP contribution < -0.4 is 10.9 Å². The van der Waals surface area contributed by atoms with E-state index in [9.17, 15) is 9.59 Å². The Hall–Kier alpha value is -4.31. The van der Waals surface area contributed by atoms with Gasteiger partial charge >= 0.3 is 0 Å². The predicted molar refractivity (Wildman–Crippen MR) is 118 cm³/mol. The molecule has 4 aromatic rings. The second-order valence-electron chi connectivity index (χ2n) is 6.98. The van der Waals surface area contributed by atoms with Crippen LogP contribution in [0.25, 0.3) is 16.6 Å². The Morgan fingerprint density at radius 2 is 1.84 bits per heavy atom. The quantitative estimate of drug-likeness (QED) is 0.524. The first-order valence-corrected chi connectivity index (χ1v) is 9.67. The van der Waals surface area contributed by atoms with Gasteiger partial charge in [0, 0.05) is 18.0 Å². The number of amides is 1. The van der Waals surface area contributed by atoms with Gasteiger partial charge in [0.25, 0.3) is 11.5 Å². The molecule has 0 aliphatic rings. The van der Waals surface area contributed by atoms with Crippen molar-refractivity contribution in [2.24, 2.45) is 0 Å². The number of carbonyl (C=O) groups excluding carboxylic acids is 1. The van der Waals surface area contributed by atoms with Crippen molar-refractivity contribution in [3.63, 3.8) is 0 Å². The van der Waals surface area contributed by atoms with Crippen LogP contribution in [0.3, 0.4) is 0 Å². The Balaban J connectivity index is 1.89. The highest BCUT2D eigenvalue weighted by Gasteiger charge is 2.22. The number of aromatic nitrogens is 4. The molecule has 2 heterocycles. The van der Waals surface area contributed by atoms with Crippen LogP contribution in [0.15, 0.2) is 65.7 Å². The third-order valence-corrected chi connectivity index (χ3v) is 4.92. The van der Waals surface area contributed by atoms with E-state index in [4.69, 9.17) is 11.4 Å². The molecule has 31 heavy (non-hydrogen) atoms. The van der Waals surface area contributed by atoms with Crippen molar-refractivity contribution in [1.82, 2.24) is 24.8 Å². The molecule has 0 spiro atoms. The number of nitrogens with zero attached hydrogens (tertiary/aromatic N) is 4. The largest absolute Gasteiger partial charge is 0.341 e. The molecule has 1 atom stereocenters. The molecule has 0 saturated carbocycles. The number of terminal acetylenes is 1. The number of fused-ring (bicyclic) bond motifs is 1. The van der Waals surface area contributed by atoms with E-state index in [1.807, 2.05) is 18.2 Å².